The van der Waals surface area contributed by atoms with Crippen molar-refractivity contribution in [1.29, 1.82) is 0 Å². The van der Waals surface area contributed by atoms with E-state index in [1.54, 1.807) is 0 Å². The van der Waals surface area contributed by atoms with Crippen LogP contribution >= 0.6 is 0 Å². The van der Waals surface area contributed by atoms with Crippen molar-refractivity contribution in [3.05, 3.63) is 0 Å². The molecule has 1 spiro atoms. The first-order chi connectivity index (χ1) is 4.77. The van der Waals surface area contributed by atoms with E-state index in [0.717, 1.165) is 6.04 Å². The first-order valence-electron chi connectivity index (χ1n) is 4.03. The first kappa shape index (κ1) is 6.62. The number of hydrogen-bond acceptors (Lipinski definition) is 2. The fourth-order valence-electron chi connectivity index (χ4n) is 2.11. The van der Waals surface area contributed by atoms with E-state index in [2.05, 4.69) is 12.2 Å². The quantitative estimate of drug-likeness (QED) is 0.582. The topological polar surface area (TPSA) is 21.3 Å². The number of nitrogens with one attached hydrogen (secondary N) is 1. The lowest BCUT2D eigenvalue weighted by atomic mass is 9.58. The number of ether oxygens (including phenoxy) is 1. The lowest BCUT2D eigenvalue weighted by molar-refractivity contribution is -0.110. The molecule has 0 bridgehead atoms. The fraction of sp³-hybridized carbons (Fsp3) is 1.00. The molecule has 2 nitrogen and oxygen atoms in total. The molecule has 1 saturated carbocycles. The molecular formula is C8H15NO. The third-order valence-corrected chi connectivity index (χ3v) is 3.28. The van der Waals surface area contributed by atoms with Crippen molar-refractivity contribution < 1.29 is 4.74 Å². The summed E-state index contributed by atoms with van der Waals surface area (Å²) < 4.78 is 5.24. The van der Waals surface area contributed by atoms with E-state index in [0.29, 0.717) is 11.5 Å². The Morgan fingerprint density at radius 3 is 2.50 bits per heavy atom. The second-order valence-electron chi connectivity index (χ2n) is 3.73. The van der Waals surface area contributed by atoms with E-state index < -0.39 is 0 Å². The Kier molecular flexibility index (Phi) is 1.29. The van der Waals surface area contributed by atoms with Gasteiger partial charge in [0.15, 0.2) is 0 Å². The molecule has 1 heterocycles. The van der Waals surface area contributed by atoms with Gasteiger partial charge in [-0.05, 0) is 19.8 Å². The van der Waals surface area contributed by atoms with Crippen molar-refractivity contribution in [2.24, 2.45) is 5.41 Å². The Labute approximate surface area is 61.9 Å². The van der Waals surface area contributed by atoms with Crippen molar-refractivity contribution >= 4 is 0 Å². The molecule has 0 aromatic carbocycles. The van der Waals surface area contributed by atoms with Crippen LogP contribution in [-0.2, 0) is 4.74 Å². The summed E-state index contributed by atoms with van der Waals surface area (Å²) >= 11 is 0. The molecule has 1 atom stereocenters. The minimum atomic E-state index is 0.560. The molecule has 0 aromatic heterocycles. The maximum absolute atomic E-state index is 5.24. The summed E-state index contributed by atoms with van der Waals surface area (Å²) in [6.45, 7) is 3.49. The monoisotopic (exact) mass is 141 g/mol. The average Bonchev–Trinajstić information content (AvgIpc) is 1.83. The summed E-state index contributed by atoms with van der Waals surface area (Å²) in [4.78, 5) is 0. The van der Waals surface area contributed by atoms with E-state index >= 15 is 0 Å². The van der Waals surface area contributed by atoms with Crippen molar-refractivity contribution in [1.82, 2.24) is 5.32 Å². The van der Waals surface area contributed by atoms with Gasteiger partial charge in [-0.1, -0.05) is 0 Å². The molecule has 1 saturated heterocycles. The van der Waals surface area contributed by atoms with Crippen LogP contribution in [0.2, 0.25) is 0 Å². The van der Waals surface area contributed by atoms with Crippen molar-refractivity contribution in [3.63, 3.8) is 0 Å². The Balaban J connectivity index is 1.88. The molecule has 0 aromatic rings. The molecule has 0 radical (unpaired) electrons. The number of methoxy groups -OCH3 is 1. The zero-order valence-corrected chi connectivity index (χ0v) is 6.68. The van der Waals surface area contributed by atoms with Crippen LogP contribution in [0.15, 0.2) is 0 Å². The van der Waals surface area contributed by atoms with E-state index in [9.17, 15) is 0 Å². The van der Waals surface area contributed by atoms with Crippen LogP contribution in [0.5, 0.6) is 0 Å². The smallest absolute Gasteiger partial charge is 0.0584 e. The van der Waals surface area contributed by atoms with Crippen molar-refractivity contribution in [2.45, 2.75) is 31.9 Å². The van der Waals surface area contributed by atoms with Crippen molar-refractivity contribution in [2.75, 3.05) is 13.7 Å². The Hall–Kier alpha value is -0.0800. The van der Waals surface area contributed by atoms with Gasteiger partial charge in [-0.2, -0.15) is 0 Å². The van der Waals surface area contributed by atoms with Crippen LogP contribution in [0.3, 0.4) is 0 Å². The molecular weight excluding hydrogens is 126 g/mol. The maximum atomic E-state index is 5.24. The summed E-state index contributed by atoms with van der Waals surface area (Å²) in [5.41, 5.74) is 0.640. The third kappa shape index (κ3) is 0.663. The average molecular weight is 141 g/mol. The van der Waals surface area contributed by atoms with Crippen LogP contribution in [-0.4, -0.2) is 25.8 Å². The van der Waals surface area contributed by atoms with Crippen LogP contribution < -0.4 is 5.32 Å². The van der Waals surface area contributed by atoms with Crippen molar-refractivity contribution in [3.8, 4) is 0 Å². The Morgan fingerprint density at radius 2 is 2.20 bits per heavy atom. The van der Waals surface area contributed by atoms with Gasteiger partial charge in [0, 0.05) is 25.1 Å². The third-order valence-electron chi connectivity index (χ3n) is 3.28. The van der Waals surface area contributed by atoms with Crippen LogP contribution in [0, 0.1) is 5.41 Å². The first-order valence-corrected chi connectivity index (χ1v) is 4.03. The second-order valence-corrected chi connectivity index (χ2v) is 3.73. The summed E-state index contributed by atoms with van der Waals surface area (Å²) in [5, 5.41) is 3.39. The Bertz CT molecular complexity index is 140. The van der Waals surface area contributed by atoms with E-state index in [-0.39, 0.29) is 0 Å². The zero-order chi connectivity index (χ0) is 7.19. The van der Waals surface area contributed by atoms with E-state index in [1.807, 2.05) is 7.11 Å². The van der Waals surface area contributed by atoms with E-state index in [4.69, 9.17) is 4.74 Å². The number of hydrogen-bond donors (Lipinski definition) is 1. The molecule has 10 heavy (non-hydrogen) atoms. The minimum Gasteiger partial charge on any atom is -0.381 e. The maximum Gasteiger partial charge on any atom is 0.0584 e. The molecule has 2 rings (SSSR count). The minimum absolute atomic E-state index is 0.560. The predicted molar refractivity (Wildman–Crippen MR) is 39.9 cm³/mol. The van der Waals surface area contributed by atoms with Crippen LogP contribution in [0.1, 0.15) is 19.8 Å². The number of rotatable bonds is 1. The van der Waals surface area contributed by atoms with Gasteiger partial charge < -0.3 is 10.1 Å². The van der Waals surface area contributed by atoms with Gasteiger partial charge >= 0.3 is 0 Å². The molecule has 2 fully saturated rings. The molecule has 1 aliphatic carbocycles. The van der Waals surface area contributed by atoms with Crippen LogP contribution in [0.25, 0.3) is 0 Å². The summed E-state index contributed by atoms with van der Waals surface area (Å²) in [7, 11) is 1.81. The molecule has 2 heteroatoms. The predicted octanol–water partition coefficient (Wildman–Crippen LogP) is 0.773. The Morgan fingerprint density at radius 1 is 1.50 bits per heavy atom. The highest BCUT2D eigenvalue weighted by Crippen LogP contribution is 2.49. The van der Waals surface area contributed by atoms with Gasteiger partial charge in [-0.25, -0.2) is 0 Å². The van der Waals surface area contributed by atoms with Gasteiger partial charge in [0.25, 0.3) is 0 Å². The van der Waals surface area contributed by atoms with Gasteiger partial charge in [-0.15, -0.1) is 0 Å². The summed E-state index contributed by atoms with van der Waals surface area (Å²) in [6.07, 6.45) is 3.11. The molecule has 1 N–H and O–H groups in total. The van der Waals surface area contributed by atoms with Gasteiger partial charge in [0.1, 0.15) is 0 Å². The second kappa shape index (κ2) is 1.95. The normalized spacial score (nSPS) is 52.2. The van der Waals surface area contributed by atoms with Gasteiger partial charge in [-0.3, -0.25) is 0 Å². The molecule has 58 valence electrons. The summed E-state index contributed by atoms with van der Waals surface area (Å²) in [5.74, 6) is 0. The molecule has 1 aliphatic heterocycles. The lowest BCUT2D eigenvalue weighted by Gasteiger charge is -2.58. The SMILES string of the molecule is COC1CC2(CN[C@H]2C)C1. The lowest BCUT2D eigenvalue weighted by Crippen LogP contribution is -2.67. The fourth-order valence-corrected chi connectivity index (χ4v) is 2.11. The highest BCUT2D eigenvalue weighted by Gasteiger charge is 2.53. The largest absolute Gasteiger partial charge is 0.381 e. The van der Waals surface area contributed by atoms with Gasteiger partial charge in [0.05, 0.1) is 6.10 Å². The van der Waals surface area contributed by atoms with Gasteiger partial charge in [0.2, 0.25) is 0 Å². The highest BCUT2D eigenvalue weighted by molar-refractivity contribution is 5.08. The van der Waals surface area contributed by atoms with E-state index in [1.165, 1.54) is 19.4 Å². The zero-order valence-electron chi connectivity index (χ0n) is 6.68. The van der Waals surface area contributed by atoms with Crippen LogP contribution in [0.4, 0.5) is 0 Å². The highest BCUT2D eigenvalue weighted by atomic mass is 16.5. The standard InChI is InChI=1S/C8H15NO/c1-6-8(5-9-6)3-7(4-8)10-2/h6-7,9H,3-5H2,1-2H3/t6-,7?,8?/m0/s1. The summed E-state index contributed by atoms with van der Waals surface area (Å²) in [6, 6.07) is 0.735. The molecule has 0 amide bonds. The molecule has 0 unspecified atom stereocenters. The molecule has 2 aliphatic rings.